The molecule has 354 valence electrons. The first-order valence-electron chi connectivity index (χ1n) is 24.7. The molecule has 6 atom stereocenters. The third-order valence-corrected chi connectivity index (χ3v) is 11.2. The van der Waals surface area contributed by atoms with Crippen LogP contribution in [0.5, 0.6) is 0 Å². The van der Waals surface area contributed by atoms with Gasteiger partial charge in [0.15, 0.2) is 12.4 Å². The molecule has 61 heavy (non-hydrogen) atoms. The molecule has 1 saturated heterocycles. The first-order valence-corrected chi connectivity index (χ1v) is 24.7. The Hall–Kier alpha value is -2.34. The number of hydrogen-bond acceptors (Lipinski definition) is 10. The van der Waals surface area contributed by atoms with E-state index in [1.54, 1.807) is 0 Å². The molecule has 10 nitrogen and oxygen atoms in total. The van der Waals surface area contributed by atoms with Crippen LogP contribution >= 0.6 is 0 Å². The van der Waals surface area contributed by atoms with E-state index in [0.717, 1.165) is 57.8 Å². The maximum atomic E-state index is 12.8. The smallest absolute Gasteiger partial charge is 0.306 e. The maximum Gasteiger partial charge on any atom is 0.306 e. The highest BCUT2D eigenvalue weighted by molar-refractivity contribution is 5.70. The van der Waals surface area contributed by atoms with Gasteiger partial charge in [-0.25, -0.2) is 0 Å². The lowest BCUT2D eigenvalue weighted by molar-refractivity contribution is -0.305. The second kappa shape index (κ2) is 41.7. The molecule has 0 aromatic carbocycles. The minimum absolute atomic E-state index is 0.181. The molecule has 0 radical (unpaired) electrons. The average molecular weight is 863 g/mol. The molecule has 0 aromatic rings. The molecule has 1 heterocycles. The van der Waals surface area contributed by atoms with E-state index in [0.29, 0.717) is 6.42 Å². The van der Waals surface area contributed by atoms with Crippen molar-refractivity contribution in [2.24, 2.45) is 0 Å². The van der Waals surface area contributed by atoms with Gasteiger partial charge in [-0.1, -0.05) is 165 Å². The molecule has 0 aliphatic carbocycles. The number of allylic oxidation sites excluding steroid dienone is 8. The molecular weight excluding hydrogens is 773 g/mol. The van der Waals surface area contributed by atoms with Gasteiger partial charge in [-0.15, -0.1) is 0 Å². The first kappa shape index (κ1) is 56.7. The number of hydrogen-bond donors (Lipinski definition) is 4. The number of carbonyl (C=O) groups is 2. The van der Waals surface area contributed by atoms with E-state index < -0.39 is 49.4 Å². The molecule has 0 aromatic heterocycles. The zero-order valence-corrected chi connectivity index (χ0v) is 38.7. The van der Waals surface area contributed by atoms with E-state index >= 15 is 0 Å². The molecule has 1 rings (SSSR count). The van der Waals surface area contributed by atoms with Crippen LogP contribution in [-0.4, -0.2) is 89.0 Å². The highest BCUT2D eigenvalue weighted by Gasteiger charge is 2.44. The molecule has 0 bridgehead atoms. The van der Waals surface area contributed by atoms with E-state index in [1.807, 2.05) is 0 Å². The Kier molecular flexibility index (Phi) is 38.7. The summed E-state index contributed by atoms with van der Waals surface area (Å²) in [6.45, 7) is 3.36. The number of aliphatic hydroxyl groups is 4. The predicted molar refractivity (Wildman–Crippen MR) is 247 cm³/mol. The Morgan fingerprint density at radius 3 is 1.46 bits per heavy atom. The molecule has 1 aliphatic heterocycles. The summed E-state index contributed by atoms with van der Waals surface area (Å²) in [5.74, 6) is -0.849. The maximum absolute atomic E-state index is 12.8. The Bertz CT molecular complexity index is 1130. The number of unbranched alkanes of at least 4 members (excludes halogenated alkanes) is 22. The fraction of sp³-hybridized carbons (Fsp3) is 0.804. The summed E-state index contributed by atoms with van der Waals surface area (Å²) in [4.78, 5) is 25.4. The van der Waals surface area contributed by atoms with Crippen LogP contribution in [-0.2, 0) is 28.5 Å². The molecule has 2 unspecified atom stereocenters. The van der Waals surface area contributed by atoms with Crippen molar-refractivity contribution in [2.75, 3.05) is 19.8 Å². The largest absolute Gasteiger partial charge is 0.462 e. The Morgan fingerprint density at radius 1 is 0.508 bits per heavy atom. The quantitative estimate of drug-likeness (QED) is 0.0265. The van der Waals surface area contributed by atoms with Gasteiger partial charge in [0.25, 0.3) is 0 Å². The SMILES string of the molecule is CCCCC/C=C/C/C=C/C/C=C/CCCCC(=O)O[C@@H](COC(=O)CCCCCCCCCCCCC/C=C/CCCCCCCC)CO[C@H]1O[C@@H](CO)[C@@H](O)C(O)C1O. The molecule has 1 aliphatic rings. The average Bonchev–Trinajstić information content (AvgIpc) is 3.26. The van der Waals surface area contributed by atoms with Gasteiger partial charge in [0.2, 0.25) is 0 Å². The second-order valence-electron chi connectivity index (χ2n) is 16.9. The third-order valence-electron chi connectivity index (χ3n) is 11.2. The molecule has 0 amide bonds. The van der Waals surface area contributed by atoms with Crippen LogP contribution < -0.4 is 0 Å². The lowest BCUT2D eigenvalue weighted by Crippen LogP contribution is -2.59. The third kappa shape index (κ3) is 32.9. The Labute approximate surface area is 371 Å². The number of esters is 2. The fourth-order valence-corrected chi connectivity index (χ4v) is 7.25. The van der Waals surface area contributed by atoms with Gasteiger partial charge in [0.1, 0.15) is 31.0 Å². The zero-order chi connectivity index (χ0) is 44.4. The molecule has 1 fully saturated rings. The van der Waals surface area contributed by atoms with Crippen molar-refractivity contribution in [1.82, 2.24) is 0 Å². The Balaban J connectivity index is 2.29. The van der Waals surface area contributed by atoms with Gasteiger partial charge in [0, 0.05) is 12.8 Å². The standard InChI is InChI=1S/C51H90O10/c1-3-5-7-9-11-13-15-17-19-20-21-22-23-24-26-27-29-31-33-35-37-39-46(53)58-42-44(43-59-51-50(57)49(56)48(55)45(41-52)61-51)60-47(54)40-38-36-34-32-30-28-25-18-16-14-12-10-8-6-4-2/h12,14,17-19,25,30,32,44-45,48-52,55-57H,3-11,13,15-16,20-24,26-29,31,33-43H2,1-2H3/b14-12+,19-17+,25-18+,32-30+/t44-,45-,48+,49?,50?,51-/m0/s1. The van der Waals surface area contributed by atoms with Crippen molar-refractivity contribution in [3.05, 3.63) is 48.6 Å². The summed E-state index contributed by atoms with van der Waals surface area (Å²) in [7, 11) is 0. The summed E-state index contributed by atoms with van der Waals surface area (Å²) in [5, 5.41) is 40.1. The van der Waals surface area contributed by atoms with Crippen molar-refractivity contribution in [3.8, 4) is 0 Å². The normalized spacial score (nSPS) is 20.1. The van der Waals surface area contributed by atoms with Crippen LogP contribution in [0.3, 0.4) is 0 Å². The van der Waals surface area contributed by atoms with Crippen LogP contribution in [0.1, 0.15) is 206 Å². The van der Waals surface area contributed by atoms with Crippen molar-refractivity contribution >= 4 is 11.9 Å². The van der Waals surface area contributed by atoms with Crippen LogP contribution in [0.15, 0.2) is 48.6 Å². The minimum atomic E-state index is -1.60. The fourth-order valence-electron chi connectivity index (χ4n) is 7.25. The predicted octanol–water partition coefficient (Wildman–Crippen LogP) is 11.2. The van der Waals surface area contributed by atoms with Crippen LogP contribution in [0.4, 0.5) is 0 Å². The van der Waals surface area contributed by atoms with Crippen molar-refractivity contribution < 1.29 is 49.0 Å². The zero-order valence-electron chi connectivity index (χ0n) is 38.7. The summed E-state index contributed by atoms with van der Waals surface area (Å²) in [5.41, 5.74) is 0. The van der Waals surface area contributed by atoms with Crippen molar-refractivity contribution in [1.29, 1.82) is 0 Å². The van der Waals surface area contributed by atoms with Crippen LogP contribution in [0, 0.1) is 0 Å². The van der Waals surface area contributed by atoms with Crippen molar-refractivity contribution in [2.45, 2.75) is 243 Å². The number of aliphatic hydroxyl groups excluding tert-OH is 4. The molecular formula is C51H90O10. The second-order valence-corrected chi connectivity index (χ2v) is 16.9. The van der Waals surface area contributed by atoms with Gasteiger partial charge < -0.3 is 39.4 Å². The van der Waals surface area contributed by atoms with E-state index in [4.69, 9.17) is 18.9 Å². The van der Waals surface area contributed by atoms with Gasteiger partial charge in [0.05, 0.1) is 13.2 Å². The van der Waals surface area contributed by atoms with Gasteiger partial charge >= 0.3 is 11.9 Å². The highest BCUT2D eigenvalue weighted by atomic mass is 16.7. The molecule has 10 heteroatoms. The van der Waals surface area contributed by atoms with Crippen LogP contribution in [0.2, 0.25) is 0 Å². The first-order chi connectivity index (χ1) is 29.8. The molecule has 0 saturated carbocycles. The summed E-state index contributed by atoms with van der Waals surface area (Å²) in [6.07, 6.45) is 42.6. The summed E-state index contributed by atoms with van der Waals surface area (Å²) in [6, 6.07) is 0. The Morgan fingerprint density at radius 2 is 0.918 bits per heavy atom. The van der Waals surface area contributed by atoms with Gasteiger partial charge in [-0.05, 0) is 77.0 Å². The van der Waals surface area contributed by atoms with Crippen molar-refractivity contribution in [3.63, 3.8) is 0 Å². The lowest BCUT2D eigenvalue weighted by atomic mass is 9.99. The van der Waals surface area contributed by atoms with Gasteiger partial charge in [-0.3, -0.25) is 9.59 Å². The summed E-state index contributed by atoms with van der Waals surface area (Å²) >= 11 is 0. The lowest BCUT2D eigenvalue weighted by Gasteiger charge is -2.39. The highest BCUT2D eigenvalue weighted by Crippen LogP contribution is 2.23. The molecule has 0 spiro atoms. The topological polar surface area (TPSA) is 152 Å². The number of carbonyl (C=O) groups excluding carboxylic acids is 2. The van der Waals surface area contributed by atoms with Gasteiger partial charge in [-0.2, -0.15) is 0 Å². The minimum Gasteiger partial charge on any atom is -0.462 e. The summed E-state index contributed by atoms with van der Waals surface area (Å²) < 4.78 is 22.2. The van der Waals surface area contributed by atoms with E-state index in [1.165, 1.54) is 116 Å². The van der Waals surface area contributed by atoms with E-state index in [9.17, 15) is 30.0 Å². The number of rotatable bonds is 41. The number of ether oxygens (including phenoxy) is 4. The monoisotopic (exact) mass is 863 g/mol. The van der Waals surface area contributed by atoms with E-state index in [-0.39, 0.29) is 32.0 Å². The van der Waals surface area contributed by atoms with E-state index in [2.05, 4.69) is 62.5 Å². The van der Waals surface area contributed by atoms with Crippen LogP contribution in [0.25, 0.3) is 0 Å². The molecule has 4 N–H and O–H groups in total.